The van der Waals surface area contributed by atoms with Gasteiger partial charge in [-0.05, 0) is 13.3 Å². The van der Waals surface area contributed by atoms with Crippen LogP contribution < -0.4 is 5.73 Å². The van der Waals surface area contributed by atoms with Gasteiger partial charge in [-0.3, -0.25) is 0 Å². The fourth-order valence-electron chi connectivity index (χ4n) is 1.19. The smallest absolute Gasteiger partial charge is 0.0740 e. The number of hydrogen-bond donors (Lipinski definition) is 2. The number of nitrogens with two attached hydrogens (primary N) is 1. The summed E-state index contributed by atoms with van der Waals surface area (Å²) < 4.78 is 5.02. The second-order valence-corrected chi connectivity index (χ2v) is 4.21. The minimum absolute atomic E-state index is 0.264. The number of methoxy groups -OCH3 is 1. The van der Waals surface area contributed by atoms with Gasteiger partial charge in [0.1, 0.15) is 0 Å². The second-order valence-electron chi connectivity index (χ2n) is 3.69. The van der Waals surface area contributed by atoms with E-state index in [1.807, 2.05) is 0 Å². The van der Waals surface area contributed by atoms with Crippen LogP contribution in [0.4, 0.5) is 0 Å². The first-order chi connectivity index (χ1) is 7.06. The van der Waals surface area contributed by atoms with Crippen molar-refractivity contribution in [3.05, 3.63) is 0 Å². The van der Waals surface area contributed by atoms with E-state index in [1.54, 1.807) is 14.0 Å². The molecule has 0 rings (SSSR count). The molecule has 0 spiro atoms. The number of nitrogens with zero attached hydrogens (tertiary/aromatic N) is 1. The molecule has 0 amide bonds. The van der Waals surface area contributed by atoms with E-state index in [4.69, 9.17) is 22.7 Å². The largest absolute Gasteiger partial charge is 0.393 e. The molecule has 0 bridgehead atoms. The lowest BCUT2D eigenvalue weighted by molar-refractivity contribution is 0.125. The molecule has 0 fully saturated rings. The number of ether oxygens (including phenoxy) is 1. The molecule has 4 nitrogen and oxygen atoms in total. The highest BCUT2D eigenvalue weighted by Crippen LogP contribution is 1.98. The van der Waals surface area contributed by atoms with Crippen LogP contribution in [0, 0.1) is 0 Å². The average molecular weight is 234 g/mol. The van der Waals surface area contributed by atoms with Crippen molar-refractivity contribution in [3.63, 3.8) is 0 Å². The first kappa shape index (κ1) is 14.8. The Morgan fingerprint density at radius 3 is 2.60 bits per heavy atom. The van der Waals surface area contributed by atoms with Crippen LogP contribution in [-0.2, 0) is 4.74 Å². The van der Waals surface area contributed by atoms with Gasteiger partial charge in [0.2, 0.25) is 0 Å². The van der Waals surface area contributed by atoms with E-state index in [0.29, 0.717) is 11.6 Å². The van der Waals surface area contributed by atoms with E-state index in [1.165, 1.54) is 0 Å². The highest BCUT2D eigenvalue weighted by molar-refractivity contribution is 7.80. The van der Waals surface area contributed by atoms with Crippen LogP contribution >= 0.6 is 12.2 Å². The number of aliphatic hydroxyl groups excluding tert-OH is 1. The minimum atomic E-state index is -0.264. The van der Waals surface area contributed by atoms with Gasteiger partial charge in [-0.2, -0.15) is 0 Å². The van der Waals surface area contributed by atoms with Crippen molar-refractivity contribution in [3.8, 4) is 0 Å². The lowest BCUT2D eigenvalue weighted by Crippen LogP contribution is -2.32. The lowest BCUT2D eigenvalue weighted by Gasteiger charge is -2.22. The number of thiocarbonyl (C=S) groups is 1. The average Bonchev–Trinajstić information content (AvgIpc) is 2.16. The molecule has 90 valence electrons. The summed E-state index contributed by atoms with van der Waals surface area (Å²) in [6.45, 7) is 5.03. The molecule has 0 radical (unpaired) electrons. The van der Waals surface area contributed by atoms with Crippen molar-refractivity contribution in [2.45, 2.75) is 25.9 Å². The summed E-state index contributed by atoms with van der Waals surface area (Å²) in [7, 11) is 1.68. The minimum Gasteiger partial charge on any atom is -0.393 e. The Morgan fingerprint density at radius 1 is 1.47 bits per heavy atom. The number of aliphatic hydroxyl groups is 1. The summed E-state index contributed by atoms with van der Waals surface area (Å²) in [6, 6.07) is 0. The molecule has 15 heavy (non-hydrogen) atoms. The summed E-state index contributed by atoms with van der Waals surface area (Å²) in [5, 5.41) is 9.20. The van der Waals surface area contributed by atoms with Crippen LogP contribution in [0.25, 0.3) is 0 Å². The van der Waals surface area contributed by atoms with Crippen LogP contribution in [0.1, 0.15) is 19.8 Å². The molecule has 0 aromatic rings. The molecule has 1 unspecified atom stereocenters. The van der Waals surface area contributed by atoms with Crippen molar-refractivity contribution in [1.29, 1.82) is 0 Å². The summed E-state index contributed by atoms with van der Waals surface area (Å²) in [5.74, 6) is 0. The third-order valence-electron chi connectivity index (χ3n) is 2.15. The monoisotopic (exact) mass is 234 g/mol. The fourth-order valence-corrected chi connectivity index (χ4v) is 1.28. The van der Waals surface area contributed by atoms with E-state index in [2.05, 4.69) is 4.90 Å². The molecule has 3 N–H and O–H groups in total. The fraction of sp³-hybridized carbons (Fsp3) is 0.900. The van der Waals surface area contributed by atoms with Gasteiger partial charge in [-0.15, -0.1) is 0 Å². The van der Waals surface area contributed by atoms with Crippen LogP contribution in [0.2, 0.25) is 0 Å². The van der Waals surface area contributed by atoms with Crippen molar-refractivity contribution in [1.82, 2.24) is 4.90 Å². The zero-order valence-electron chi connectivity index (χ0n) is 9.61. The molecule has 0 aromatic heterocycles. The maximum atomic E-state index is 9.20. The van der Waals surface area contributed by atoms with Crippen molar-refractivity contribution < 1.29 is 9.84 Å². The number of rotatable bonds is 9. The van der Waals surface area contributed by atoms with E-state index in [0.717, 1.165) is 32.5 Å². The molecule has 0 saturated heterocycles. The topological polar surface area (TPSA) is 58.7 Å². The maximum Gasteiger partial charge on any atom is 0.0740 e. The van der Waals surface area contributed by atoms with E-state index >= 15 is 0 Å². The Labute approximate surface area is 97.4 Å². The van der Waals surface area contributed by atoms with Crippen LogP contribution in [0.15, 0.2) is 0 Å². The Bertz CT molecular complexity index is 177. The molecule has 0 heterocycles. The van der Waals surface area contributed by atoms with Crippen LogP contribution in [0.3, 0.4) is 0 Å². The molecule has 0 saturated carbocycles. The van der Waals surface area contributed by atoms with Gasteiger partial charge >= 0.3 is 0 Å². The molecule has 0 aromatic carbocycles. The normalized spacial score (nSPS) is 13.1. The van der Waals surface area contributed by atoms with Gasteiger partial charge in [0.25, 0.3) is 0 Å². The highest BCUT2D eigenvalue weighted by Gasteiger charge is 2.06. The zero-order chi connectivity index (χ0) is 11.7. The Kier molecular flexibility index (Phi) is 8.89. The highest BCUT2D eigenvalue weighted by atomic mass is 32.1. The third-order valence-corrected chi connectivity index (χ3v) is 2.35. The van der Waals surface area contributed by atoms with E-state index < -0.39 is 0 Å². The molecular weight excluding hydrogens is 212 g/mol. The van der Waals surface area contributed by atoms with Gasteiger partial charge in [0.05, 0.1) is 17.7 Å². The number of hydrogen-bond acceptors (Lipinski definition) is 4. The maximum absolute atomic E-state index is 9.20. The molecular formula is C10H22N2O2S. The third kappa shape index (κ3) is 10.1. The molecule has 0 aliphatic heterocycles. The Hall–Kier alpha value is -0.230. The van der Waals surface area contributed by atoms with Crippen molar-refractivity contribution in [2.24, 2.45) is 5.73 Å². The zero-order valence-corrected chi connectivity index (χ0v) is 10.4. The Balaban J connectivity index is 3.77. The quantitative estimate of drug-likeness (QED) is 0.565. The lowest BCUT2D eigenvalue weighted by atomic mass is 10.2. The van der Waals surface area contributed by atoms with Crippen molar-refractivity contribution in [2.75, 3.05) is 33.4 Å². The van der Waals surface area contributed by atoms with Crippen molar-refractivity contribution >= 4 is 17.2 Å². The first-order valence-electron chi connectivity index (χ1n) is 5.24. The van der Waals surface area contributed by atoms with Gasteiger partial charge in [-0.25, -0.2) is 0 Å². The predicted octanol–water partition coefficient (Wildman–Crippen LogP) is 0.382. The van der Waals surface area contributed by atoms with Crippen LogP contribution in [0.5, 0.6) is 0 Å². The van der Waals surface area contributed by atoms with Gasteiger partial charge < -0.3 is 20.5 Å². The molecule has 0 aliphatic carbocycles. The standard InChI is InChI=1S/C10H22N2O2S/c1-9(13)3-5-12(7-8-14-2)6-4-10(11)15/h9,13H,3-8H2,1-2H3,(H2,11,15). The van der Waals surface area contributed by atoms with Gasteiger partial charge in [0.15, 0.2) is 0 Å². The van der Waals surface area contributed by atoms with E-state index in [-0.39, 0.29) is 6.10 Å². The molecule has 5 heteroatoms. The van der Waals surface area contributed by atoms with Gasteiger partial charge in [-0.1, -0.05) is 12.2 Å². The molecule has 0 aliphatic rings. The summed E-state index contributed by atoms with van der Waals surface area (Å²) in [6.07, 6.45) is 1.22. The molecule has 1 atom stereocenters. The van der Waals surface area contributed by atoms with E-state index in [9.17, 15) is 5.11 Å². The van der Waals surface area contributed by atoms with Crippen LogP contribution in [-0.4, -0.2) is 54.4 Å². The second kappa shape index (κ2) is 9.03. The first-order valence-corrected chi connectivity index (χ1v) is 5.64. The summed E-state index contributed by atoms with van der Waals surface area (Å²) in [5.41, 5.74) is 5.45. The Morgan fingerprint density at radius 2 is 2.13 bits per heavy atom. The summed E-state index contributed by atoms with van der Waals surface area (Å²) >= 11 is 4.83. The van der Waals surface area contributed by atoms with Gasteiger partial charge in [0, 0.05) is 33.2 Å². The SMILES string of the molecule is COCCN(CCC(N)=S)CCC(C)O. The summed E-state index contributed by atoms with van der Waals surface area (Å²) in [4.78, 5) is 2.74. The predicted molar refractivity (Wildman–Crippen MR) is 66.0 cm³/mol.